The molecule has 1 heteroatoms. The molecule has 56 valence electrons. The first-order valence-corrected chi connectivity index (χ1v) is 3.51. The lowest BCUT2D eigenvalue weighted by Crippen LogP contribution is -2.24. The van der Waals surface area contributed by atoms with Gasteiger partial charge in [-0.3, -0.25) is 0 Å². The van der Waals surface area contributed by atoms with Crippen molar-refractivity contribution >= 4 is 18.4 Å². The van der Waals surface area contributed by atoms with Crippen molar-refractivity contribution in [2.75, 3.05) is 0 Å². The Morgan fingerprint density at radius 1 is 1.45 bits per heavy atom. The van der Waals surface area contributed by atoms with Crippen LogP contribution in [0.4, 0.5) is 0 Å². The summed E-state index contributed by atoms with van der Waals surface area (Å²) in [7, 11) is 0. The Morgan fingerprint density at radius 2 is 2.09 bits per heavy atom. The van der Waals surface area contributed by atoms with Crippen LogP contribution in [0, 0.1) is 5.41 Å². The van der Waals surface area contributed by atoms with Gasteiger partial charge in [0.05, 0.1) is 0 Å². The zero-order chi connectivity index (χ0) is 8.27. The van der Waals surface area contributed by atoms with Crippen molar-refractivity contribution in [2.45, 2.75) is 6.92 Å². The van der Waals surface area contributed by atoms with Crippen molar-refractivity contribution in [1.29, 1.82) is 5.41 Å². The van der Waals surface area contributed by atoms with Crippen LogP contribution in [0.3, 0.4) is 0 Å². The highest BCUT2D eigenvalue weighted by atomic mass is 14.3. The molecule has 0 aliphatic rings. The Hall–Kier alpha value is -1.37. The number of rotatable bonds is 1. The number of hydrogen-bond acceptors (Lipinski definition) is 1. The first-order valence-electron chi connectivity index (χ1n) is 3.51. The van der Waals surface area contributed by atoms with Crippen molar-refractivity contribution < 1.29 is 0 Å². The third kappa shape index (κ3) is 1.55. The van der Waals surface area contributed by atoms with E-state index in [1.54, 1.807) is 0 Å². The van der Waals surface area contributed by atoms with Crippen LogP contribution in [0.2, 0.25) is 0 Å². The van der Waals surface area contributed by atoms with Crippen molar-refractivity contribution in [1.82, 2.24) is 0 Å². The third-order valence-corrected chi connectivity index (χ3v) is 1.66. The smallest absolute Gasteiger partial charge is 0.0213 e. The molecule has 0 radical (unpaired) electrons. The van der Waals surface area contributed by atoms with Crippen LogP contribution < -0.4 is 10.4 Å². The highest BCUT2D eigenvalue weighted by Gasteiger charge is 1.84. The molecule has 0 saturated heterocycles. The Morgan fingerprint density at radius 3 is 2.64 bits per heavy atom. The van der Waals surface area contributed by atoms with Crippen LogP contribution in [0.1, 0.15) is 6.92 Å². The molecule has 1 aromatic carbocycles. The molecule has 0 unspecified atom stereocenters. The summed E-state index contributed by atoms with van der Waals surface area (Å²) in [6.45, 7) is 5.78. The van der Waals surface area contributed by atoms with Gasteiger partial charge in [-0.05, 0) is 22.9 Å². The van der Waals surface area contributed by atoms with Gasteiger partial charge in [0.1, 0.15) is 0 Å². The fourth-order valence-electron chi connectivity index (χ4n) is 0.983. The fraction of sp³-hybridized carbons (Fsp3) is 0.100. The van der Waals surface area contributed by atoms with Crippen LogP contribution in [-0.2, 0) is 0 Å². The summed E-state index contributed by atoms with van der Waals surface area (Å²) >= 11 is 0. The summed E-state index contributed by atoms with van der Waals surface area (Å²) in [5, 5.41) is 9.09. The fourth-order valence-corrected chi connectivity index (χ4v) is 0.983. The topological polar surface area (TPSA) is 23.9 Å². The second-order valence-corrected chi connectivity index (χ2v) is 2.48. The van der Waals surface area contributed by atoms with Gasteiger partial charge in [-0.2, -0.15) is 0 Å². The maximum absolute atomic E-state index is 7.05. The van der Waals surface area contributed by atoms with E-state index in [9.17, 15) is 0 Å². The lowest BCUT2D eigenvalue weighted by molar-refractivity contribution is 1.48. The summed E-state index contributed by atoms with van der Waals surface area (Å²) in [5.41, 5.74) is 0.954. The monoisotopic (exact) mass is 145 g/mol. The molecule has 0 aliphatic heterocycles. The molecule has 0 atom stereocenters. The second kappa shape index (κ2) is 3.15. The first kappa shape index (κ1) is 7.73. The average Bonchev–Trinajstić information content (AvgIpc) is 2.04. The molecule has 0 aliphatic carbocycles. The molecule has 0 bridgehead atoms. The van der Waals surface area contributed by atoms with Crippen LogP contribution in [0.15, 0.2) is 24.3 Å². The van der Waals surface area contributed by atoms with E-state index in [0.29, 0.717) is 0 Å². The predicted molar refractivity (Wildman–Crippen MR) is 49.1 cm³/mol. The minimum atomic E-state index is 0.954. The average molecular weight is 145 g/mol. The lowest BCUT2D eigenvalue weighted by atomic mass is 10.2. The standard InChI is InChI=1S/C10H11N/c1-8-5-3-4-6-10(8)9(2)7-11/h3-7,11H,1H2,2H3/b10-9-,11-7?. The Bertz CT molecular complexity index is 363. The largest absolute Gasteiger partial charge is 0.308 e. The number of nitrogens with one attached hydrogen (secondary N) is 1. The van der Waals surface area contributed by atoms with Gasteiger partial charge in [0.15, 0.2) is 0 Å². The maximum atomic E-state index is 7.05. The van der Waals surface area contributed by atoms with Crippen LogP contribution >= 0.6 is 0 Å². The van der Waals surface area contributed by atoms with Crippen molar-refractivity contribution in [3.05, 3.63) is 34.7 Å². The normalized spacial score (nSPS) is 12.5. The van der Waals surface area contributed by atoms with E-state index in [2.05, 4.69) is 6.58 Å². The Kier molecular flexibility index (Phi) is 2.21. The van der Waals surface area contributed by atoms with Gasteiger partial charge in [0, 0.05) is 6.21 Å². The molecular formula is C10H11N. The Labute approximate surface area is 66.2 Å². The third-order valence-electron chi connectivity index (χ3n) is 1.66. The number of hydrogen-bond donors (Lipinski definition) is 1. The summed E-state index contributed by atoms with van der Waals surface area (Å²) in [6.07, 6.45) is 1.35. The van der Waals surface area contributed by atoms with Crippen LogP contribution in [0.25, 0.3) is 12.2 Å². The molecule has 0 saturated carbocycles. The predicted octanol–water partition coefficient (Wildman–Crippen LogP) is 0.917. The summed E-state index contributed by atoms with van der Waals surface area (Å²) in [4.78, 5) is 0. The van der Waals surface area contributed by atoms with E-state index in [4.69, 9.17) is 5.41 Å². The SMILES string of the molecule is C=c1cccc/c1=C(\C)C=N. The van der Waals surface area contributed by atoms with Gasteiger partial charge in [-0.25, -0.2) is 0 Å². The molecule has 0 amide bonds. The zero-order valence-electron chi connectivity index (χ0n) is 6.59. The Balaban J connectivity index is 3.59. The summed E-state index contributed by atoms with van der Waals surface area (Å²) in [6, 6.07) is 7.82. The van der Waals surface area contributed by atoms with E-state index < -0.39 is 0 Å². The van der Waals surface area contributed by atoms with Crippen molar-refractivity contribution in [3.63, 3.8) is 0 Å². The molecule has 0 spiro atoms. The molecule has 0 fully saturated rings. The second-order valence-electron chi connectivity index (χ2n) is 2.48. The van der Waals surface area contributed by atoms with Gasteiger partial charge in [0.25, 0.3) is 0 Å². The van der Waals surface area contributed by atoms with Gasteiger partial charge >= 0.3 is 0 Å². The van der Waals surface area contributed by atoms with Crippen LogP contribution in [-0.4, -0.2) is 6.21 Å². The summed E-state index contributed by atoms with van der Waals surface area (Å²) < 4.78 is 0. The quantitative estimate of drug-likeness (QED) is 0.568. The van der Waals surface area contributed by atoms with Gasteiger partial charge in [-0.15, -0.1) is 0 Å². The van der Waals surface area contributed by atoms with Gasteiger partial charge in [-0.1, -0.05) is 30.8 Å². The molecule has 0 aromatic heterocycles. The first-order chi connectivity index (χ1) is 5.25. The van der Waals surface area contributed by atoms with E-state index >= 15 is 0 Å². The number of benzene rings is 1. The van der Waals surface area contributed by atoms with Gasteiger partial charge in [0.2, 0.25) is 0 Å². The molecular weight excluding hydrogens is 134 g/mol. The van der Waals surface area contributed by atoms with E-state index in [-0.39, 0.29) is 0 Å². The van der Waals surface area contributed by atoms with Crippen molar-refractivity contribution in [2.24, 2.45) is 0 Å². The highest BCUT2D eigenvalue weighted by molar-refractivity contribution is 5.98. The molecule has 1 aromatic rings. The molecule has 11 heavy (non-hydrogen) atoms. The molecule has 1 N–H and O–H groups in total. The highest BCUT2D eigenvalue weighted by Crippen LogP contribution is 1.80. The molecule has 1 nitrogen and oxygen atoms in total. The van der Waals surface area contributed by atoms with E-state index in [1.807, 2.05) is 31.2 Å². The zero-order valence-corrected chi connectivity index (χ0v) is 6.59. The maximum Gasteiger partial charge on any atom is 0.0213 e. The van der Waals surface area contributed by atoms with Crippen LogP contribution in [0.5, 0.6) is 0 Å². The lowest BCUT2D eigenvalue weighted by Gasteiger charge is -1.90. The minimum Gasteiger partial charge on any atom is -0.308 e. The van der Waals surface area contributed by atoms with E-state index in [1.165, 1.54) is 6.21 Å². The van der Waals surface area contributed by atoms with Crippen molar-refractivity contribution in [3.8, 4) is 0 Å². The summed E-state index contributed by atoms with van der Waals surface area (Å²) in [5.74, 6) is 0. The van der Waals surface area contributed by atoms with E-state index in [0.717, 1.165) is 16.0 Å². The minimum absolute atomic E-state index is 0.954. The van der Waals surface area contributed by atoms with Gasteiger partial charge < -0.3 is 5.41 Å². The molecule has 1 rings (SSSR count). The molecule has 0 heterocycles.